The molecular formula is C8H6BrFN2O4. The van der Waals surface area contributed by atoms with E-state index in [1.54, 1.807) is 0 Å². The highest BCUT2D eigenvalue weighted by atomic mass is 79.9. The van der Waals surface area contributed by atoms with Crippen molar-refractivity contribution in [2.24, 2.45) is 5.73 Å². The van der Waals surface area contributed by atoms with Crippen LogP contribution in [0.3, 0.4) is 0 Å². The normalized spacial score (nSPS) is 9.94. The zero-order valence-corrected chi connectivity index (χ0v) is 9.58. The van der Waals surface area contributed by atoms with Crippen LogP contribution in [-0.4, -0.2) is 17.9 Å². The second-order valence-electron chi connectivity index (χ2n) is 2.72. The van der Waals surface area contributed by atoms with Crippen molar-refractivity contribution in [2.45, 2.75) is 0 Å². The first-order chi connectivity index (χ1) is 7.40. The summed E-state index contributed by atoms with van der Waals surface area (Å²) in [5.74, 6) is -2.55. The topological polar surface area (TPSA) is 95.5 Å². The lowest BCUT2D eigenvalue weighted by molar-refractivity contribution is -0.388. The SMILES string of the molecule is COc1c(C(N)=O)cc(Br)c(F)c1[N+](=O)[O-]. The Morgan fingerprint density at radius 2 is 2.25 bits per heavy atom. The monoisotopic (exact) mass is 292 g/mol. The molecule has 0 aliphatic rings. The Bertz CT molecular complexity index is 478. The van der Waals surface area contributed by atoms with Crippen molar-refractivity contribution >= 4 is 27.5 Å². The summed E-state index contributed by atoms with van der Waals surface area (Å²) in [6, 6.07) is 1.03. The minimum Gasteiger partial charge on any atom is -0.490 e. The van der Waals surface area contributed by atoms with Crippen LogP contribution in [0.4, 0.5) is 10.1 Å². The summed E-state index contributed by atoms with van der Waals surface area (Å²) in [5, 5.41) is 10.6. The number of carbonyl (C=O) groups excluding carboxylic acids is 1. The Kier molecular flexibility index (Phi) is 3.43. The molecule has 0 radical (unpaired) electrons. The van der Waals surface area contributed by atoms with E-state index >= 15 is 0 Å². The molecule has 0 saturated heterocycles. The largest absolute Gasteiger partial charge is 0.490 e. The molecule has 86 valence electrons. The maximum absolute atomic E-state index is 13.4. The van der Waals surface area contributed by atoms with E-state index in [9.17, 15) is 19.3 Å². The van der Waals surface area contributed by atoms with E-state index in [-0.39, 0.29) is 10.0 Å². The maximum Gasteiger partial charge on any atom is 0.348 e. The highest BCUT2D eigenvalue weighted by Crippen LogP contribution is 2.37. The molecule has 0 bridgehead atoms. The summed E-state index contributed by atoms with van der Waals surface area (Å²) in [6.07, 6.45) is 0. The second kappa shape index (κ2) is 4.44. The Morgan fingerprint density at radius 1 is 1.69 bits per heavy atom. The van der Waals surface area contributed by atoms with Gasteiger partial charge in [0.05, 0.1) is 22.1 Å². The number of hydrogen-bond donors (Lipinski definition) is 1. The van der Waals surface area contributed by atoms with Crippen molar-refractivity contribution in [3.05, 3.63) is 32.0 Å². The van der Waals surface area contributed by atoms with Crippen molar-refractivity contribution < 1.29 is 18.8 Å². The van der Waals surface area contributed by atoms with E-state index in [1.807, 2.05) is 0 Å². The van der Waals surface area contributed by atoms with E-state index in [0.29, 0.717) is 0 Å². The quantitative estimate of drug-likeness (QED) is 0.676. The standard InChI is InChI=1S/C8H6BrFN2O4/c1-16-7-3(8(11)13)2-4(9)5(10)6(7)12(14)15/h2H,1H3,(H2,11,13). The van der Waals surface area contributed by atoms with Crippen molar-refractivity contribution in [3.8, 4) is 5.75 Å². The van der Waals surface area contributed by atoms with Crippen LogP contribution in [0, 0.1) is 15.9 Å². The molecule has 0 spiro atoms. The molecule has 8 heteroatoms. The molecule has 16 heavy (non-hydrogen) atoms. The highest BCUT2D eigenvalue weighted by Gasteiger charge is 2.29. The van der Waals surface area contributed by atoms with Crippen LogP contribution in [0.25, 0.3) is 0 Å². The van der Waals surface area contributed by atoms with Gasteiger partial charge in [-0.1, -0.05) is 0 Å². The van der Waals surface area contributed by atoms with Crippen LogP contribution in [0.2, 0.25) is 0 Å². The van der Waals surface area contributed by atoms with Gasteiger partial charge in [-0.05, 0) is 22.0 Å². The first-order valence-corrected chi connectivity index (χ1v) is 4.69. The number of benzene rings is 1. The van der Waals surface area contributed by atoms with Gasteiger partial charge in [-0.2, -0.15) is 4.39 Å². The third kappa shape index (κ3) is 1.96. The first kappa shape index (κ1) is 12.4. The molecule has 1 amide bonds. The first-order valence-electron chi connectivity index (χ1n) is 3.90. The molecule has 0 unspecified atom stereocenters. The zero-order chi connectivity index (χ0) is 12.5. The van der Waals surface area contributed by atoms with E-state index in [1.165, 1.54) is 0 Å². The summed E-state index contributed by atoms with van der Waals surface area (Å²) >= 11 is 2.75. The summed E-state index contributed by atoms with van der Waals surface area (Å²) in [6.45, 7) is 0. The van der Waals surface area contributed by atoms with Crippen LogP contribution >= 0.6 is 15.9 Å². The van der Waals surface area contributed by atoms with Gasteiger partial charge in [-0.3, -0.25) is 14.9 Å². The third-order valence-corrected chi connectivity index (χ3v) is 2.38. The van der Waals surface area contributed by atoms with Crippen molar-refractivity contribution in [1.29, 1.82) is 0 Å². The minimum absolute atomic E-state index is 0.228. The minimum atomic E-state index is -1.12. The molecule has 0 saturated carbocycles. The summed E-state index contributed by atoms with van der Waals surface area (Å²) < 4.78 is 17.8. The number of nitro groups is 1. The van der Waals surface area contributed by atoms with Gasteiger partial charge in [0.1, 0.15) is 0 Å². The highest BCUT2D eigenvalue weighted by molar-refractivity contribution is 9.10. The number of nitrogens with two attached hydrogens (primary N) is 1. The van der Waals surface area contributed by atoms with Gasteiger partial charge < -0.3 is 10.5 Å². The van der Waals surface area contributed by atoms with E-state index < -0.39 is 28.1 Å². The molecule has 0 fully saturated rings. The number of halogens is 2. The number of hydrogen-bond acceptors (Lipinski definition) is 4. The lowest BCUT2D eigenvalue weighted by Crippen LogP contribution is -2.14. The number of amides is 1. The smallest absolute Gasteiger partial charge is 0.348 e. The number of rotatable bonds is 3. The van der Waals surface area contributed by atoms with Crippen LogP contribution < -0.4 is 10.5 Å². The average molecular weight is 293 g/mol. The summed E-state index contributed by atoms with van der Waals surface area (Å²) in [5.41, 5.74) is 3.81. The van der Waals surface area contributed by atoms with E-state index in [2.05, 4.69) is 20.7 Å². The van der Waals surface area contributed by atoms with Gasteiger partial charge in [0.25, 0.3) is 5.91 Å². The molecule has 0 aliphatic heterocycles. The van der Waals surface area contributed by atoms with Crippen molar-refractivity contribution in [1.82, 2.24) is 0 Å². The molecular weight excluding hydrogens is 287 g/mol. The number of primary amides is 1. The van der Waals surface area contributed by atoms with Crippen LogP contribution in [-0.2, 0) is 0 Å². The number of nitrogens with zero attached hydrogens (tertiary/aromatic N) is 1. The van der Waals surface area contributed by atoms with Crippen LogP contribution in [0.5, 0.6) is 5.75 Å². The van der Waals surface area contributed by atoms with Crippen molar-refractivity contribution in [3.63, 3.8) is 0 Å². The molecule has 1 aromatic rings. The number of carbonyl (C=O) groups is 1. The lowest BCUT2D eigenvalue weighted by atomic mass is 10.1. The second-order valence-corrected chi connectivity index (χ2v) is 3.58. The van der Waals surface area contributed by atoms with Gasteiger partial charge >= 0.3 is 5.69 Å². The summed E-state index contributed by atoms with van der Waals surface area (Å²) in [7, 11) is 1.09. The molecule has 0 heterocycles. The molecule has 2 N–H and O–H groups in total. The zero-order valence-electron chi connectivity index (χ0n) is 7.99. The van der Waals surface area contributed by atoms with Crippen LogP contribution in [0.15, 0.2) is 10.5 Å². The van der Waals surface area contributed by atoms with E-state index in [0.717, 1.165) is 13.2 Å². The maximum atomic E-state index is 13.4. The predicted molar refractivity (Wildman–Crippen MR) is 55.8 cm³/mol. The Labute approximate surface area is 97.5 Å². The number of methoxy groups -OCH3 is 1. The number of ether oxygens (including phenoxy) is 1. The Balaban J connectivity index is 3.68. The van der Waals surface area contributed by atoms with Gasteiger partial charge in [0, 0.05) is 0 Å². The molecule has 1 rings (SSSR count). The Morgan fingerprint density at radius 3 is 2.62 bits per heavy atom. The lowest BCUT2D eigenvalue weighted by Gasteiger charge is -2.07. The fourth-order valence-electron chi connectivity index (χ4n) is 1.15. The van der Waals surface area contributed by atoms with Gasteiger partial charge in [0.15, 0.2) is 0 Å². The van der Waals surface area contributed by atoms with Crippen molar-refractivity contribution in [2.75, 3.05) is 7.11 Å². The Hall–Kier alpha value is -1.70. The van der Waals surface area contributed by atoms with Gasteiger partial charge in [-0.25, -0.2) is 0 Å². The van der Waals surface area contributed by atoms with Crippen LogP contribution in [0.1, 0.15) is 10.4 Å². The predicted octanol–water partition coefficient (Wildman–Crippen LogP) is 1.60. The molecule has 6 nitrogen and oxygen atoms in total. The fraction of sp³-hybridized carbons (Fsp3) is 0.125. The third-order valence-electron chi connectivity index (χ3n) is 1.80. The van der Waals surface area contributed by atoms with E-state index in [4.69, 9.17) is 5.73 Å². The van der Waals surface area contributed by atoms with Gasteiger partial charge in [-0.15, -0.1) is 0 Å². The molecule has 0 atom stereocenters. The molecule has 1 aromatic carbocycles. The fourth-order valence-corrected chi connectivity index (χ4v) is 1.57. The summed E-state index contributed by atoms with van der Waals surface area (Å²) in [4.78, 5) is 20.7. The molecule has 0 aromatic heterocycles. The average Bonchev–Trinajstić information content (AvgIpc) is 2.20. The number of nitro benzene ring substituents is 1. The molecule has 0 aliphatic carbocycles. The van der Waals surface area contributed by atoms with Gasteiger partial charge in [0.2, 0.25) is 11.6 Å².